The molecule has 0 atom stereocenters. The molecule has 0 bridgehead atoms. The number of nitrogens with zero attached hydrogens (tertiary/aromatic N) is 1. The summed E-state index contributed by atoms with van der Waals surface area (Å²) >= 11 is 1.45. The van der Waals surface area contributed by atoms with Gasteiger partial charge >= 0.3 is 0 Å². The van der Waals surface area contributed by atoms with Gasteiger partial charge in [0.05, 0.1) is 17.2 Å². The van der Waals surface area contributed by atoms with Crippen LogP contribution in [-0.2, 0) is 6.61 Å². The molecule has 0 saturated heterocycles. The zero-order valence-electron chi connectivity index (χ0n) is 12.4. The van der Waals surface area contributed by atoms with Gasteiger partial charge in [0.1, 0.15) is 12.5 Å². The number of aliphatic imine (C=N–C) groups is 1. The zero-order chi connectivity index (χ0) is 15.7. The van der Waals surface area contributed by atoms with Crippen LogP contribution in [0.5, 0.6) is 0 Å². The molecule has 0 amide bonds. The van der Waals surface area contributed by atoms with E-state index in [2.05, 4.69) is 22.2 Å². The summed E-state index contributed by atoms with van der Waals surface area (Å²) < 4.78 is 12.3. The second-order valence-electron chi connectivity index (χ2n) is 3.74. The topological polar surface area (TPSA) is 44.6 Å². The molecule has 0 saturated carbocycles. The fraction of sp³-hybridized carbons (Fsp3) is 0.312. The summed E-state index contributed by atoms with van der Waals surface area (Å²) in [6.07, 6.45) is 3.23. The minimum atomic E-state index is -0.530. The summed E-state index contributed by atoms with van der Waals surface area (Å²) in [7, 11) is 1.64. The first kappa shape index (κ1) is 17.2. The lowest BCUT2D eigenvalue weighted by Gasteiger charge is -1.97. The summed E-state index contributed by atoms with van der Waals surface area (Å²) in [5.74, 6) is 6.60. The molecule has 1 aliphatic rings. The molecule has 0 unspecified atom stereocenters. The second kappa shape index (κ2) is 9.11. The Bertz CT molecular complexity index is 618. The van der Waals surface area contributed by atoms with E-state index in [-0.39, 0.29) is 6.61 Å². The van der Waals surface area contributed by atoms with Crippen LogP contribution in [0.2, 0.25) is 0 Å². The van der Waals surface area contributed by atoms with E-state index in [0.29, 0.717) is 11.5 Å². The smallest absolute Gasteiger partial charge is 0.132 e. The minimum Gasteiger partial charge on any atom is -0.391 e. The van der Waals surface area contributed by atoms with E-state index in [1.807, 2.05) is 26.0 Å². The fourth-order valence-corrected chi connectivity index (χ4v) is 2.33. The van der Waals surface area contributed by atoms with Crippen LogP contribution in [0.15, 0.2) is 40.5 Å². The lowest BCUT2D eigenvalue weighted by Crippen LogP contribution is -2.16. The van der Waals surface area contributed by atoms with Crippen LogP contribution < -0.4 is 5.32 Å². The van der Waals surface area contributed by atoms with Crippen LogP contribution >= 0.6 is 11.3 Å². The van der Waals surface area contributed by atoms with Gasteiger partial charge < -0.3 is 10.4 Å². The molecule has 0 spiro atoms. The summed E-state index contributed by atoms with van der Waals surface area (Å²) in [5, 5.41) is 12.0. The van der Waals surface area contributed by atoms with E-state index in [9.17, 15) is 4.39 Å². The number of hydrogen-bond donors (Lipinski definition) is 2. The fourth-order valence-electron chi connectivity index (χ4n) is 1.61. The zero-order valence-corrected chi connectivity index (χ0v) is 13.2. The third-order valence-electron chi connectivity index (χ3n) is 2.48. The van der Waals surface area contributed by atoms with E-state index in [1.165, 1.54) is 17.4 Å². The van der Waals surface area contributed by atoms with E-state index in [0.717, 1.165) is 15.3 Å². The Morgan fingerprint density at radius 1 is 1.38 bits per heavy atom. The van der Waals surface area contributed by atoms with Crippen LogP contribution in [-0.4, -0.2) is 24.7 Å². The lowest BCUT2D eigenvalue weighted by atomic mass is 10.2. The minimum absolute atomic E-state index is 0.0311. The van der Waals surface area contributed by atoms with Crippen molar-refractivity contribution < 1.29 is 9.50 Å². The van der Waals surface area contributed by atoms with Gasteiger partial charge in [-0.15, -0.1) is 11.3 Å². The highest BCUT2D eigenvalue weighted by atomic mass is 32.1. The van der Waals surface area contributed by atoms with Crippen LogP contribution in [0.3, 0.4) is 0 Å². The largest absolute Gasteiger partial charge is 0.391 e. The third-order valence-corrected chi connectivity index (χ3v) is 3.47. The van der Waals surface area contributed by atoms with Crippen molar-refractivity contribution in [1.29, 1.82) is 0 Å². The first-order chi connectivity index (χ1) is 10.3. The number of thiophene rings is 1. The highest BCUT2D eigenvalue weighted by Crippen LogP contribution is 2.16. The average molecular weight is 306 g/mol. The molecule has 2 rings (SSSR count). The Balaban J connectivity index is 0.00000106. The van der Waals surface area contributed by atoms with Crippen molar-refractivity contribution in [2.45, 2.75) is 20.5 Å². The molecule has 5 heteroatoms. The molecule has 0 aromatic carbocycles. The van der Waals surface area contributed by atoms with E-state index >= 15 is 0 Å². The van der Waals surface area contributed by atoms with Gasteiger partial charge in [0.15, 0.2) is 0 Å². The van der Waals surface area contributed by atoms with Gasteiger partial charge in [0, 0.05) is 17.5 Å². The van der Waals surface area contributed by atoms with Gasteiger partial charge in [-0.25, -0.2) is 4.39 Å². The van der Waals surface area contributed by atoms with Crippen molar-refractivity contribution >= 4 is 17.2 Å². The molecule has 21 heavy (non-hydrogen) atoms. The normalized spacial score (nSPS) is 16.7. The highest BCUT2D eigenvalue weighted by molar-refractivity contribution is 7.12. The number of alkyl halides is 1. The SMILES string of the molecule is CC.CN=C1NC(C#Cc2ccc(CO)s2)=C/C1=C/CF. The number of rotatable bonds is 2. The molecule has 2 heterocycles. The van der Waals surface area contributed by atoms with Crippen molar-refractivity contribution in [2.75, 3.05) is 13.7 Å². The van der Waals surface area contributed by atoms with Gasteiger partial charge in [0.2, 0.25) is 0 Å². The Labute approximate surface area is 128 Å². The monoisotopic (exact) mass is 306 g/mol. The van der Waals surface area contributed by atoms with Crippen LogP contribution in [0.1, 0.15) is 23.6 Å². The number of nitrogens with one attached hydrogen (secondary N) is 1. The van der Waals surface area contributed by atoms with Gasteiger partial charge in [-0.2, -0.15) is 0 Å². The number of amidine groups is 1. The predicted octanol–water partition coefficient (Wildman–Crippen LogP) is 3.03. The average Bonchev–Trinajstić information content (AvgIpc) is 3.14. The lowest BCUT2D eigenvalue weighted by molar-refractivity contribution is 0.285. The molecule has 0 aliphatic carbocycles. The van der Waals surface area contributed by atoms with Crippen molar-refractivity contribution in [2.24, 2.45) is 4.99 Å². The van der Waals surface area contributed by atoms with Crippen LogP contribution in [0.4, 0.5) is 4.39 Å². The summed E-state index contributed by atoms with van der Waals surface area (Å²) in [6.45, 7) is 3.50. The Morgan fingerprint density at radius 2 is 2.14 bits per heavy atom. The molecular formula is C16H19FN2OS. The molecule has 0 radical (unpaired) electrons. The molecule has 112 valence electrons. The summed E-state index contributed by atoms with van der Waals surface area (Å²) in [4.78, 5) is 5.79. The quantitative estimate of drug-likeness (QED) is 0.825. The van der Waals surface area contributed by atoms with E-state index in [4.69, 9.17) is 5.11 Å². The maximum atomic E-state index is 12.3. The van der Waals surface area contributed by atoms with E-state index in [1.54, 1.807) is 13.1 Å². The third kappa shape index (κ3) is 4.85. The van der Waals surface area contributed by atoms with Crippen molar-refractivity contribution in [3.05, 3.63) is 45.3 Å². The number of aliphatic hydroxyl groups is 1. The molecule has 1 aromatic rings. The van der Waals surface area contributed by atoms with Crippen molar-refractivity contribution in [1.82, 2.24) is 5.32 Å². The number of hydrogen-bond acceptors (Lipinski definition) is 3. The van der Waals surface area contributed by atoms with Gasteiger partial charge in [-0.3, -0.25) is 4.99 Å². The first-order valence-electron chi connectivity index (χ1n) is 6.70. The highest BCUT2D eigenvalue weighted by Gasteiger charge is 2.13. The number of halogens is 1. The maximum absolute atomic E-state index is 12.3. The van der Waals surface area contributed by atoms with Crippen molar-refractivity contribution in [3.8, 4) is 11.8 Å². The van der Waals surface area contributed by atoms with Crippen molar-refractivity contribution in [3.63, 3.8) is 0 Å². The molecule has 1 aliphatic heterocycles. The second-order valence-corrected chi connectivity index (χ2v) is 4.91. The predicted molar refractivity (Wildman–Crippen MR) is 87.1 cm³/mol. The van der Waals surface area contributed by atoms with Gasteiger partial charge in [-0.1, -0.05) is 13.8 Å². The first-order valence-corrected chi connectivity index (χ1v) is 7.52. The molecular weight excluding hydrogens is 287 g/mol. The van der Waals surface area contributed by atoms with Crippen LogP contribution in [0, 0.1) is 11.8 Å². The summed E-state index contributed by atoms with van der Waals surface area (Å²) in [6, 6.07) is 3.71. The molecule has 1 aromatic heterocycles. The van der Waals surface area contributed by atoms with Gasteiger partial charge in [-0.05, 0) is 36.1 Å². The molecule has 3 nitrogen and oxygen atoms in total. The maximum Gasteiger partial charge on any atom is 0.132 e. The van der Waals surface area contributed by atoms with Crippen LogP contribution in [0.25, 0.3) is 0 Å². The Morgan fingerprint density at radius 3 is 2.71 bits per heavy atom. The number of allylic oxidation sites excluding steroid dienone is 2. The summed E-state index contributed by atoms with van der Waals surface area (Å²) in [5.41, 5.74) is 1.41. The molecule has 0 fully saturated rings. The van der Waals surface area contributed by atoms with Gasteiger partial charge in [0.25, 0.3) is 0 Å². The standard InChI is InChI=1S/C14H13FN2OS.C2H6/c1-16-14-10(6-7-15)8-11(17-14)2-3-12-4-5-13(9-18)19-12;1-2/h4-6,8,18H,7,9H2,1H3,(H,16,17);1-2H3/b10-6-;. The Hall–Kier alpha value is -1.90. The van der Waals surface area contributed by atoms with E-state index < -0.39 is 6.67 Å². The number of aliphatic hydroxyl groups excluding tert-OH is 1. The molecule has 2 N–H and O–H groups in total. The Kier molecular flexibility index (Phi) is 7.44.